The van der Waals surface area contributed by atoms with Crippen molar-refractivity contribution in [2.45, 2.75) is 32.4 Å². The van der Waals surface area contributed by atoms with Crippen LogP contribution < -0.4 is 0 Å². The highest BCUT2D eigenvalue weighted by Gasteiger charge is 2.34. The minimum absolute atomic E-state index is 0.0941. The summed E-state index contributed by atoms with van der Waals surface area (Å²) in [5, 5.41) is -0.372. The van der Waals surface area contributed by atoms with Crippen molar-refractivity contribution in [3.8, 4) is 0 Å². The predicted octanol–water partition coefficient (Wildman–Crippen LogP) is 4.80. The first-order chi connectivity index (χ1) is 8.09. The van der Waals surface area contributed by atoms with Gasteiger partial charge in [0.05, 0.1) is 10.6 Å². The van der Waals surface area contributed by atoms with Crippen LogP contribution in [0.5, 0.6) is 0 Å². The summed E-state index contributed by atoms with van der Waals surface area (Å²) in [6.45, 7) is 5.60. The molecule has 2 aromatic rings. The highest BCUT2D eigenvalue weighted by Crippen LogP contribution is 2.38. The van der Waals surface area contributed by atoms with E-state index < -0.39 is 11.7 Å². The third-order valence-electron chi connectivity index (χ3n) is 2.42. The first-order valence-electron chi connectivity index (χ1n) is 5.27. The second kappa shape index (κ2) is 3.88. The van der Waals surface area contributed by atoms with E-state index >= 15 is 0 Å². The first-order valence-corrected chi connectivity index (χ1v) is 5.64. The van der Waals surface area contributed by atoms with Crippen molar-refractivity contribution in [1.82, 2.24) is 4.98 Å². The lowest BCUT2D eigenvalue weighted by Crippen LogP contribution is -2.10. The molecule has 98 valence electrons. The molecule has 0 unspecified atom stereocenters. The van der Waals surface area contributed by atoms with Crippen molar-refractivity contribution in [1.29, 1.82) is 0 Å². The monoisotopic (exact) mass is 277 g/mol. The van der Waals surface area contributed by atoms with Gasteiger partial charge in [-0.05, 0) is 12.1 Å². The quantitative estimate of drug-likeness (QED) is 0.691. The molecular formula is C12H11ClF3NO. The molecule has 1 aromatic carbocycles. The molecule has 1 heterocycles. The largest absolute Gasteiger partial charge is 0.440 e. The van der Waals surface area contributed by atoms with Crippen LogP contribution in [-0.2, 0) is 11.6 Å². The fourth-order valence-corrected chi connectivity index (χ4v) is 1.75. The number of nitrogens with zero attached hydrogens (tertiary/aromatic N) is 1. The van der Waals surface area contributed by atoms with Gasteiger partial charge in [-0.25, -0.2) is 4.98 Å². The zero-order valence-electron chi connectivity index (χ0n) is 10.0. The maximum absolute atomic E-state index is 12.7. The molecule has 0 bridgehead atoms. The Bertz CT molecular complexity index is 596. The van der Waals surface area contributed by atoms with E-state index in [9.17, 15) is 13.2 Å². The summed E-state index contributed by atoms with van der Waals surface area (Å²) in [6, 6.07) is 2.07. The van der Waals surface area contributed by atoms with Crippen molar-refractivity contribution in [2.24, 2.45) is 0 Å². The molecule has 18 heavy (non-hydrogen) atoms. The standard InChI is InChI=1S/C12H11ClF3NO/c1-11(2,3)10-17-8-5-7(13)6(12(14,15)16)4-9(8)18-10/h4-5H,1-3H3. The minimum atomic E-state index is -4.50. The van der Waals surface area contributed by atoms with Crippen LogP contribution in [0.25, 0.3) is 11.1 Å². The van der Waals surface area contributed by atoms with E-state index in [-0.39, 0.29) is 16.0 Å². The van der Waals surface area contributed by atoms with Crippen LogP contribution in [0.2, 0.25) is 5.02 Å². The third kappa shape index (κ3) is 2.32. The Morgan fingerprint density at radius 1 is 1.17 bits per heavy atom. The Labute approximate surface area is 107 Å². The van der Waals surface area contributed by atoms with Gasteiger partial charge in [0.2, 0.25) is 5.89 Å². The fraction of sp³-hybridized carbons (Fsp3) is 0.417. The minimum Gasteiger partial charge on any atom is -0.440 e. The van der Waals surface area contributed by atoms with E-state index in [1.165, 1.54) is 6.07 Å². The summed E-state index contributed by atoms with van der Waals surface area (Å²) < 4.78 is 43.4. The molecule has 0 saturated carbocycles. The molecule has 0 radical (unpaired) electrons. The lowest BCUT2D eigenvalue weighted by molar-refractivity contribution is -0.137. The van der Waals surface area contributed by atoms with Crippen LogP contribution in [0, 0.1) is 0 Å². The van der Waals surface area contributed by atoms with Gasteiger partial charge in [-0.3, -0.25) is 0 Å². The predicted molar refractivity (Wildman–Crippen MR) is 62.7 cm³/mol. The number of alkyl halides is 3. The number of hydrogen-bond acceptors (Lipinski definition) is 2. The van der Waals surface area contributed by atoms with Crippen LogP contribution in [0.4, 0.5) is 13.2 Å². The second-order valence-corrected chi connectivity index (χ2v) is 5.47. The molecule has 0 N–H and O–H groups in total. The second-order valence-electron chi connectivity index (χ2n) is 5.07. The van der Waals surface area contributed by atoms with Gasteiger partial charge in [0.15, 0.2) is 5.58 Å². The average molecular weight is 278 g/mol. The van der Waals surface area contributed by atoms with Gasteiger partial charge in [-0.15, -0.1) is 0 Å². The Hall–Kier alpha value is -1.23. The number of aromatic nitrogens is 1. The first kappa shape index (κ1) is 13.2. The van der Waals surface area contributed by atoms with E-state index in [4.69, 9.17) is 16.0 Å². The van der Waals surface area contributed by atoms with Crippen molar-refractivity contribution in [3.05, 3.63) is 28.6 Å². The summed E-state index contributed by atoms with van der Waals surface area (Å²) in [5.74, 6) is 0.382. The van der Waals surface area contributed by atoms with Crippen molar-refractivity contribution in [2.75, 3.05) is 0 Å². The van der Waals surface area contributed by atoms with Crippen molar-refractivity contribution in [3.63, 3.8) is 0 Å². The molecular weight excluding hydrogens is 267 g/mol. The molecule has 0 saturated heterocycles. The molecule has 0 amide bonds. The maximum Gasteiger partial charge on any atom is 0.417 e. The third-order valence-corrected chi connectivity index (χ3v) is 2.74. The van der Waals surface area contributed by atoms with E-state index in [1.807, 2.05) is 20.8 Å². The topological polar surface area (TPSA) is 26.0 Å². The van der Waals surface area contributed by atoms with E-state index in [2.05, 4.69) is 4.98 Å². The molecule has 0 aliphatic rings. The summed E-state index contributed by atoms with van der Waals surface area (Å²) >= 11 is 5.61. The smallest absolute Gasteiger partial charge is 0.417 e. The summed E-state index contributed by atoms with van der Waals surface area (Å²) in [5.41, 5.74) is -0.855. The highest BCUT2D eigenvalue weighted by atomic mass is 35.5. The average Bonchev–Trinajstić information content (AvgIpc) is 2.56. The molecule has 0 atom stereocenters. The van der Waals surface area contributed by atoms with Gasteiger partial charge in [0, 0.05) is 5.41 Å². The van der Waals surface area contributed by atoms with Crippen LogP contribution in [-0.4, -0.2) is 4.98 Å². The molecule has 0 spiro atoms. The molecule has 6 heteroatoms. The lowest BCUT2D eigenvalue weighted by Gasteiger charge is -2.11. The molecule has 0 aliphatic carbocycles. The Balaban J connectivity index is 2.65. The van der Waals surface area contributed by atoms with Gasteiger partial charge in [0.25, 0.3) is 0 Å². The van der Waals surface area contributed by atoms with Crippen molar-refractivity contribution >= 4 is 22.7 Å². The van der Waals surface area contributed by atoms with Gasteiger partial charge in [-0.1, -0.05) is 32.4 Å². The van der Waals surface area contributed by atoms with E-state index in [0.29, 0.717) is 11.4 Å². The maximum atomic E-state index is 12.7. The van der Waals surface area contributed by atoms with Gasteiger partial charge >= 0.3 is 6.18 Å². The van der Waals surface area contributed by atoms with Crippen LogP contribution >= 0.6 is 11.6 Å². The van der Waals surface area contributed by atoms with Gasteiger partial charge in [0.1, 0.15) is 5.52 Å². The van der Waals surface area contributed by atoms with Crippen LogP contribution in [0.1, 0.15) is 32.2 Å². The number of fused-ring (bicyclic) bond motifs is 1. The Kier molecular flexibility index (Phi) is 2.85. The number of hydrogen-bond donors (Lipinski definition) is 0. The number of halogens is 4. The lowest BCUT2D eigenvalue weighted by atomic mass is 9.97. The molecule has 2 rings (SSSR count). The summed E-state index contributed by atoms with van der Waals surface area (Å²) in [4.78, 5) is 4.15. The van der Waals surface area contributed by atoms with Gasteiger partial charge < -0.3 is 4.42 Å². The molecule has 1 aromatic heterocycles. The normalized spacial score (nSPS) is 13.3. The van der Waals surface area contributed by atoms with Crippen LogP contribution in [0.3, 0.4) is 0 Å². The van der Waals surface area contributed by atoms with Gasteiger partial charge in [-0.2, -0.15) is 13.2 Å². The highest BCUT2D eigenvalue weighted by molar-refractivity contribution is 6.32. The number of rotatable bonds is 0. The molecule has 2 nitrogen and oxygen atoms in total. The van der Waals surface area contributed by atoms with Crippen LogP contribution in [0.15, 0.2) is 16.5 Å². The summed E-state index contributed by atoms with van der Waals surface area (Å²) in [7, 11) is 0. The number of benzene rings is 1. The van der Waals surface area contributed by atoms with E-state index in [1.54, 1.807) is 0 Å². The van der Waals surface area contributed by atoms with Crippen molar-refractivity contribution < 1.29 is 17.6 Å². The van der Waals surface area contributed by atoms with E-state index in [0.717, 1.165) is 6.07 Å². The summed E-state index contributed by atoms with van der Waals surface area (Å²) in [6.07, 6.45) is -4.50. The zero-order valence-corrected chi connectivity index (χ0v) is 10.8. The molecule has 0 aliphatic heterocycles. The zero-order chi connectivity index (χ0) is 13.7. The SMILES string of the molecule is CC(C)(C)c1nc2cc(Cl)c(C(F)(F)F)cc2o1. The number of oxazole rings is 1. The fourth-order valence-electron chi connectivity index (χ4n) is 1.49. The Morgan fingerprint density at radius 3 is 2.28 bits per heavy atom. The Morgan fingerprint density at radius 2 is 1.78 bits per heavy atom. The molecule has 0 fully saturated rings.